The molecule has 1 aromatic heterocycles. The Balaban J connectivity index is 1.79. The van der Waals surface area contributed by atoms with Crippen molar-refractivity contribution in [2.75, 3.05) is 13.1 Å². The van der Waals surface area contributed by atoms with Gasteiger partial charge in [-0.1, -0.05) is 37.3 Å². The number of nitrogens with two attached hydrogens (primary N) is 4. The lowest BCUT2D eigenvalue weighted by Crippen LogP contribution is -2.53. The molecule has 44 heavy (non-hydrogen) atoms. The predicted molar refractivity (Wildman–Crippen MR) is 169 cm³/mol. The van der Waals surface area contributed by atoms with Gasteiger partial charge in [0.25, 0.3) is 0 Å². The molecule has 11 N–H and O–H groups in total. The minimum absolute atomic E-state index is 0.0252. The second-order valence-corrected chi connectivity index (χ2v) is 12.0. The fourth-order valence-electron chi connectivity index (χ4n) is 5.80. The van der Waals surface area contributed by atoms with Crippen molar-refractivity contribution in [3.63, 3.8) is 0 Å². The van der Waals surface area contributed by atoms with E-state index < -0.39 is 29.9 Å². The van der Waals surface area contributed by atoms with Crippen LogP contribution >= 0.6 is 0 Å². The van der Waals surface area contributed by atoms with Crippen LogP contribution in [0.4, 0.5) is 0 Å². The van der Waals surface area contributed by atoms with E-state index in [2.05, 4.69) is 25.8 Å². The average molecular weight is 614 g/mol. The Kier molecular flexibility index (Phi) is 13.9. The highest BCUT2D eigenvalue weighted by molar-refractivity contribution is 5.90. The number of nitrogens with one attached hydrogen (secondary N) is 2. The van der Waals surface area contributed by atoms with Gasteiger partial charge in [-0.15, -0.1) is 0 Å². The van der Waals surface area contributed by atoms with Crippen molar-refractivity contribution in [3.8, 4) is 5.75 Å². The van der Waals surface area contributed by atoms with Crippen LogP contribution in [-0.2, 0) is 22.4 Å². The minimum Gasteiger partial charge on any atom is -0.508 e. The number of aromatic hydroxyl groups is 1. The van der Waals surface area contributed by atoms with Crippen molar-refractivity contribution in [2.45, 2.75) is 109 Å². The molecule has 0 unspecified atom stereocenters. The first kappa shape index (κ1) is 34.8. The number of amides is 2. The second-order valence-electron chi connectivity index (χ2n) is 12.0. The highest BCUT2D eigenvalue weighted by Crippen LogP contribution is 2.27. The largest absolute Gasteiger partial charge is 0.508 e. The smallest absolute Gasteiger partial charge is 0.249 e. The Morgan fingerprint density at radius 2 is 1.75 bits per heavy atom. The van der Waals surface area contributed by atoms with Crippen LogP contribution in [0.3, 0.4) is 0 Å². The lowest BCUT2D eigenvalue weighted by Gasteiger charge is -2.24. The van der Waals surface area contributed by atoms with E-state index in [0.29, 0.717) is 50.0 Å². The van der Waals surface area contributed by atoms with Gasteiger partial charge in [0.2, 0.25) is 17.7 Å². The van der Waals surface area contributed by atoms with Gasteiger partial charge >= 0.3 is 0 Å². The zero-order valence-electron chi connectivity index (χ0n) is 26.2. The van der Waals surface area contributed by atoms with E-state index in [1.54, 1.807) is 12.1 Å². The Morgan fingerprint density at radius 3 is 2.41 bits per heavy atom. The number of aliphatic imine (C=N–C) groups is 1. The summed E-state index contributed by atoms with van der Waals surface area (Å²) in [5, 5.41) is 20.2. The van der Waals surface area contributed by atoms with Gasteiger partial charge in [-0.05, 0) is 87.2 Å². The Bertz CT molecular complexity index is 1220. The number of hydrogen-bond acceptors (Lipinski definition) is 9. The first-order valence-electron chi connectivity index (χ1n) is 15.8. The number of guanidine groups is 1. The maximum atomic E-state index is 13.9. The molecule has 2 aromatic rings. The van der Waals surface area contributed by atoms with E-state index in [1.165, 1.54) is 19.3 Å². The molecule has 0 spiro atoms. The zero-order chi connectivity index (χ0) is 32.1. The summed E-state index contributed by atoms with van der Waals surface area (Å²) in [7, 11) is 0. The average Bonchev–Trinajstić information content (AvgIpc) is 3.44. The van der Waals surface area contributed by atoms with Crippen molar-refractivity contribution in [1.82, 2.24) is 20.8 Å². The molecule has 0 radical (unpaired) electrons. The van der Waals surface area contributed by atoms with Crippen LogP contribution in [-0.4, -0.2) is 58.2 Å². The van der Waals surface area contributed by atoms with E-state index in [1.807, 2.05) is 13.8 Å². The summed E-state index contributed by atoms with van der Waals surface area (Å²) in [6.45, 7) is 4.58. The number of carbonyl (C=O) groups is 2. The van der Waals surface area contributed by atoms with Gasteiger partial charge in [0.15, 0.2) is 11.8 Å². The third-order valence-electron chi connectivity index (χ3n) is 8.27. The molecule has 1 aliphatic carbocycles. The first-order valence-corrected chi connectivity index (χ1v) is 15.8. The van der Waals surface area contributed by atoms with E-state index in [4.69, 9.17) is 27.5 Å². The second kappa shape index (κ2) is 17.6. The Hall–Kier alpha value is -3.71. The fourth-order valence-corrected chi connectivity index (χ4v) is 5.80. The molecule has 2 amide bonds. The van der Waals surface area contributed by atoms with Crippen LogP contribution < -0.4 is 33.6 Å². The van der Waals surface area contributed by atoms with Crippen LogP contribution in [0.5, 0.6) is 5.75 Å². The SMILES string of the molecule is Cc1cc(O)cc(C)c1C[C@H](NC(=O)[C@H](N)CCCN=C(N)N)C(=O)N[C@H](CCCCN)c1nc(CC2CCCCC2)no1. The van der Waals surface area contributed by atoms with Crippen LogP contribution in [0, 0.1) is 19.8 Å². The van der Waals surface area contributed by atoms with Crippen molar-refractivity contribution in [1.29, 1.82) is 0 Å². The topological polar surface area (TPSA) is 234 Å². The van der Waals surface area contributed by atoms with Crippen LogP contribution in [0.15, 0.2) is 21.6 Å². The summed E-state index contributed by atoms with van der Waals surface area (Å²) >= 11 is 0. The molecular weight excluding hydrogens is 562 g/mol. The van der Waals surface area contributed by atoms with Gasteiger partial charge in [0, 0.05) is 19.4 Å². The molecule has 1 heterocycles. The van der Waals surface area contributed by atoms with Crippen molar-refractivity contribution in [3.05, 3.63) is 40.5 Å². The number of aryl methyl sites for hydroxylation is 2. The molecule has 13 nitrogen and oxygen atoms in total. The molecule has 3 atom stereocenters. The van der Waals surface area contributed by atoms with Gasteiger partial charge in [0.05, 0.1) is 6.04 Å². The predicted octanol–water partition coefficient (Wildman–Crippen LogP) is 1.91. The number of nitrogens with zero attached hydrogens (tertiary/aromatic N) is 3. The standard InChI is InChI=1S/C31H51N9O4/c1-19-15-22(41)16-20(2)23(19)18-26(38-28(42)24(33)11-8-14-36-31(34)35)29(43)37-25(12-6-7-13-32)30-39-27(40-44-30)17-21-9-4-3-5-10-21/h15-16,21,24-26,41H,3-14,17-18,32-33H2,1-2H3,(H,37,43)(H,38,42)(H4,34,35,36)/t24-,25-,26+/m1/s1. The number of hydrogen-bond donors (Lipinski definition) is 7. The maximum absolute atomic E-state index is 13.9. The molecule has 3 rings (SSSR count). The lowest BCUT2D eigenvalue weighted by molar-refractivity contribution is -0.130. The molecule has 1 aromatic carbocycles. The number of aromatic nitrogens is 2. The molecule has 1 aliphatic rings. The summed E-state index contributed by atoms with van der Waals surface area (Å²) in [6, 6.07) is 0.915. The van der Waals surface area contributed by atoms with Gasteiger partial charge in [0.1, 0.15) is 17.8 Å². The van der Waals surface area contributed by atoms with Crippen LogP contribution in [0.25, 0.3) is 0 Å². The highest BCUT2D eigenvalue weighted by Gasteiger charge is 2.29. The van der Waals surface area contributed by atoms with Crippen LogP contribution in [0.2, 0.25) is 0 Å². The summed E-state index contributed by atoms with van der Waals surface area (Å²) < 4.78 is 5.67. The zero-order valence-corrected chi connectivity index (χ0v) is 26.2. The van der Waals surface area contributed by atoms with Crippen molar-refractivity contribution >= 4 is 17.8 Å². The van der Waals surface area contributed by atoms with E-state index >= 15 is 0 Å². The normalized spacial score (nSPS) is 15.7. The van der Waals surface area contributed by atoms with E-state index in [0.717, 1.165) is 48.8 Å². The van der Waals surface area contributed by atoms with Gasteiger partial charge < -0.3 is 43.2 Å². The number of phenolic OH excluding ortho intramolecular Hbond substituents is 1. The molecule has 244 valence electrons. The number of benzene rings is 1. The van der Waals surface area contributed by atoms with Gasteiger partial charge in [-0.25, -0.2) is 0 Å². The maximum Gasteiger partial charge on any atom is 0.249 e. The summed E-state index contributed by atoms with van der Waals surface area (Å²) in [5.74, 6) is 0.787. The lowest BCUT2D eigenvalue weighted by atomic mass is 9.87. The van der Waals surface area contributed by atoms with Crippen LogP contribution in [0.1, 0.15) is 98.7 Å². The molecule has 1 fully saturated rings. The monoisotopic (exact) mass is 613 g/mol. The van der Waals surface area contributed by atoms with Crippen molar-refractivity contribution < 1.29 is 19.2 Å². The third kappa shape index (κ3) is 11.1. The van der Waals surface area contributed by atoms with Crippen molar-refractivity contribution in [2.24, 2.45) is 33.8 Å². The molecular formula is C31H51N9O4. The molecule has 13 heteroatoms. The van der Waals surface area contributed by atoms with E-state index in [-0.39, 0.29) is 18.1 Å². The number of carbonyl (C=O) groups excluding carboxylic acids is 2. The quantitative estimate of drug-likeness (QED) is 0.0777. The molecule has 0 saturated heterocycles. The third-order valence-corrected chi connectivity index (χ3v) is 8.27. The van der Waals surface area contributed by atoms with E-state index in [9.17, 15) is 14.7 Å². The minimum atomic E-state index is -0.949. The fraction of sp³-hybridized carbons (Fsp3) is 0.645. The number of rotatable bonds is 17. The Labute approximate surface area is 260 Å². The highest BCUT2D eigenvalue weighted by atomic mass is 16.5. The number of unbranched alkanes of at least 4 members (excludes halogenated alkanes) is 1. The van der Waals surface area contributed by atoms with Gasteiger partial charge in [-0.2, -0.15) is 4.98 Å². The molecule has 1 saturated carbocycles. The Morgan fingerprint density at radius 1 is 1.05 bits per heavy atom. The molecule has 0 aliphatic heterocycles. The van der Waals surface area contributed by atoms with Gasteiger partial charge in [-0.3, -0.25) is 14.6 Å². The summed E-state index contributed by atoms with van der Waals surface area (Å²) in [6.07, 6.45) is 9.90. The number of phenols is 1. The first-order chi connectivity index (χ1) is 21.1. The molecule has 0 bridgehead atoms. The summed E-state index contributed by atoms with van der Waals surface area (Å²) in [4.78, 5) is 35.7. The summed E-state index contributed by atoms with van der Waals surface area (Å²) in [5.41, 5.74) is 25.1.